The van der Waals surface area contributed by atoms with Gasteiger partial charge in [-0.2, -0.15) is 5.26 Å². The van der Waals surface area contributed by atoms with E-state index in [0.717, 1.165) is 17.7 Å². The molecule has 0 aliphatic heterocycles. The monoisotopic (exact) mass is 316 g/mol. The molecule has 0 aliphatic carbocycles. The molecule has 0 saturated carbocycles. The number of nitriles is 1. The Balaban J connectivity index is 2.10. The van der Waals surface area contributed by atoms with Gasteiger partial charge in [0.15, 0.2) is 6.10 Å². The van der Waals surface area contributed by atoms with E-state index >= 15 is 0 Å². The molecule has 0 unspecified atom stereocenters. The molecule has 1 atom stereocenters. The first-order valence-corrected chi connectivity index (χ1v) is 6.80. The summed E-state index contributed by atoms with van der Waals surface area (Å²) in [4.78, 5) is 12.2. The average molecular weight is 316 g/mol. The minimum atomic E-state index is -1.38. The van der Waals surface area contributed by atoms with Gasteiger partial charge in [0.2, 0.25) is 0 Å². The van der Waals surface area contributed by atoms with Crippen LogP contribution in [0.3, 0.4) is 0 Å². The predicted molar refractivity (Wildman–Crippen MR) is 79.1 cm³/mol. The van der Waals surface area contributed by atoms with Crippen molar-refractivity contribution in [1.82, 2.24) is 5.32 Å². The number of carbonyl (C=O) groups excluding carboxylic acids is 1. The second kappa shape index (κ2) is 7.47. The Morgan fingerprint density at radius 2 is 1.83 bits per heavy atom. The zero-order valence-electron chi connectivity index (χ0n) is 12.3. The maximum atomic E-state index is 13.8. The number of hydrogen-bond donors (Lipinski definition) is 1. The van der Waals surface area contributed by atoms with Crippen LogP contribution < -0.4 is 5.32 Å². The van der Waals surface area contributed by atoms with E-state index in [1.807, 2.05) is 6.07 Å². The lowest BCUT2D eigenvalue weighted by atomic mass is 10.1. The molecule has 0 bridgehead atoms. The third-order valence-corrected chi connectivity index (χ3v) is 3.29. The van der Waals surface area contributed by atoms with Crippen molar-refractivity contribution in [1.29, 1.82) is 5.26 Å². The molecule has 0 spiro atoms. The first-order valence-electron chi connectivity index (χ1n) is 6.80. The highest BCUT2D eigenvalue weighted by Gasteiger charge is 2.26. The Morgan fingerprint density at radius 3 is 2.35 bits per heavy atom. The van der Waals surface area contributed by atoms with E-state index in [1.165, 1.54) is 13.2 Å². The van der Waals surface area contributed by atoms with Crippen molar-refractivity contribution >= 4 is 5.91 Å². The van der Waals surface area contributed by atoms with E-state index in [9.17, 15) is 13.6 Å². The van der Waals surface area contributed by atoms with Crippen LogP contribution in [-0.4, -0.2) is 13.0 Å². The summed E-state index contributed by atoms with van der Waals surface area (Å²) in [5.74, 6) is -2.34. The number of rotatable bonds is 5. The summed E-state index contributed by atoms with van der Waals surface area (Å²) in [6.07, 6.45) is -1.38. The van der Waals surface area contributed by atoms with Crippen molar-refractivity contribution in [2.24, 2.45) is 0 Å². The number of hydrogen-bond acceptors (Lipinski definition) is 3. The van der Waals surface area contributed by atoms with Gasteiger partial charge in [0.1, 0.15) is 11.6 Å². The lowest BCUT2D eigenvalue weighted by molar-refractivity contribution is -0.131. The van der Waals surface area contributed by atoms with Gasteiger partial charge in [-0.1, -0.05) is 18.2 Å². The lowest BCUT2D eigenvalue weighted by Crippen LogP contribution is -2.31. The maximum absolute atomic E-state index is 13.8. The smallest absolute Gasteiger partial charge is 0.254 e. The number of carbonyl (C=O) groups is 1. The summed E-state index contributed by atoms with van der Waals surface area (Å²) in [7, 11) is 1.21. The van der Waals surface area contributed by atoms with E-state index < -0.39 is 29.2 Å². The predicted octanol–water partition coefficient (Wildman–Crippen LogP) is 2.84. The average Bonchev–Trinajstić information content (AvgIpc) is 2.56. The zero-order valence-corrected chi connectivity index (χ0v) is 12.3. The molecule has 1 N–H and O–H groups in total. The van der Waals surface area contributed by atoms with Crippen molar-refractivity contribution in [3.05, 3.63) is 70.8 Å². The Labute approximate surface area is 132 Å². The molecule has 4 nitrogen and oxygen atoms in total. The van der Waals surface area contributed by atoms with Crippen molar-refractivity contribution < 1.29 is 18.3 Å². The molecule has 0 aromatic heterocycles. The largest absolute Gasteiger partial charge is 0.367 e. The molecule has 0 saturated heterocycles. The van der Waals surface area contributed by atoms with Crippen LogP contribution in [0.25, 0.3) is 0 Å². The van der Waals surface area contributed by atoms with Crippen LogP contribution in [0.2, 0.25) is 0 Å². The number of nitrogens with zero attached hydrogens (tertiary/aromatic N) is 1. The van der Waals surface area contributed by atoms with Crippen molar-refractivity contribution in [2.45, 2.75) is 12.6 Å². The summed E-state index contributed by atoms with van der Waals surface area (Å²) in [5, 5.41) is 11.3. The Bertz CT molecular complexity index is 719. The molecule has 23 heavy (non-hydrogen) atoms. The third-order valence-electron chi connectivity index (χ3n) is 3.29. The molecule has 1 amide bonds. The SMILES string of the molecule is CO[C@H](C(=O)NCc1ccc(C#N)cc1)c1c(F)cccc1F. The minimum absolute atomic E-state index is 0.153. The number of ether oxygens (including phenoxy) is 1. The molecule has 2 aromatic carbocycles. The highest BCUT2D eigenvalue weighted by Crippen LogP contribution is 2.23. The van der Waals surface area contributed by atoms with Gasteiger partial charge in [-0.25, -0.2) is 8.78 Å². The molecule has 0 aliphatic rings. The number of benzene rings is 2. The Morgan fingerprint density at radius 1 is 1.22 bits per heavy atom. The van der Waals surface area contributed by atoms with Crippen LogP contribution in [0.5, 0.6) is 0 Å². The summed E-state index contributed by atoms with van der Waals surface area (Å²) < 4.78 is 32.5. The van der Waals surface area contributed by atoms with Crippen molar-refractivity contribution in [2.75, 3.05) is 7.11 Å². The van der Waals surface area contributed by atoms with Crippen molar-refractivity contribution in [3.8, 4) is 6.07 Å². The van der Waals surface area contributed by atoms with Crippen LogP contribution >= 0.6 is 0 Å². The number of methoxy groups -OCH3 is 1. The molecule has 2 rings (SSSR count). The zero-order chi connectivity index (χ0) is 16.8. The second-order valence-corrected chi connectivity index (χ2v) is 4.78. The maximum Gasteiger partial charge on any atom is 0.254 e. The number of amides is 1. The van der Waals surface area contributed by atoms with E-state index in [2.05, 4.69) is 5.32 Å². The second-order valence-electron chi connectivity index (χ2n) is 4.78. The van der Waals surface area contributed by atoms with Crippen LogP contribution in [0.1, 0.15) is 22.8 Å². The number of halogens is 2. The summed E-state index contributed by atoms with van der Waals surface area (Å²) >= 11 is 0. The van der Waals surface area contributed by atoms with Gasteiger partial charge >= 0.3 is 0 Å². The highest BCUT2D eigenvalue weighted by molar-refractivity contribution is 5.82. The molecule has 0 heterocycles. The molecule has 0 radical (unpaired) electrons. The molecule has 118 valence electrons. The van der Waals surface area contributed by atoms with Gasteiger partial charge in [0.25, 0.3) is 5.91 Å². The van der Waals surface area contributed by atoms with Crippen molar-refractivity contribution in [3.63, 3.8) is 0 Å². The summed E-state index contributed by atoms with van der Waals surface area (Å²) in [6, 6.07) is 11.9. The molecule has 2 aromatic rings. The fourth-order valence-corrected chi connectivity index (χ4v) is 2.10. The minimum Gasteiger partial charge on any atom is -0.367 e. The third kappa shape index (κ3) is 3.90. The Kier molecular flexibility index (Phi) is 5.39. The van der Waals surface area contributed by atoms with Gasteiger partial charge in [-0.05, 0) is 29.8 Å². The van der Waals surface area contributed by atoms with Gasteiger partial charge in [-0.15, -0.1) is 0 Å². The normalized spacial score (nSPS) is 11.6. The van der Waals surface area contributed by atoms with Crippen LogP contribution in [-0.2, 0) is 16.1 Å². The lowest BCUT2D eigenvalue weighted by Gasteiger charge is -2.17. The first-order chi connectivity index (χ1) is 11.1. The van der Waals surface area contributed by atoms with Gasteiger partial charge in [-0.3, -0.25) is 4.79 Å². The first kappa shape index (κ1) is 16.6. The highest BCUT2D eigenvalue weighted by atomic mass is 19.1. The standard InChI is InChI=1S/C17H14F2N2O2/c1-23-16(15-13(18)3-2-4-14(15)19)17(22)21-10-12-7-5-11(9-20)6-8-12/h2-8,16H,10H2,1H3,(H,21,22)/t16-/m0/s1. The topological polar surface area (TPSA) is 62.1 Å². The fraction of sp³-hybridized carbons (Fsp3) is 0.176. The van der Waals surface area contributed by atoms with Gasteiger partial charge in [0.05, 0.1) is 17.2 Å². The quantitative estimate of drug-likeness (QED) is 0.922. The van der Waals surface area contributed by atoms with Gasteiger partial charge in [0, 0.05) is 13.7 Å². The van der Waals surface area contributed by atoms with Gasteiger partial charge < -0.3 is 10.1 Å². The van der Waals surface area contributed by atoms with Crippen LogP contribution in [0, 0.1) is 23.0 Å². The van der Waals surface area contributed by atoms with E-state index in [4.69, 9.17) is 10.00 Å². The van der Waals surface area contributed by atoms with E-state index in [1.54, 1.807) is 24.3 Å². The number of nitrogens with one attached hydrogen (secondary N) is 1. The van der Waals surface area contributed by atoms with Crippen LogP contribution in [0.4, 0.5) is 8.78 Å². The fourth-order valence-electron chi connectivity index (χ4n) is 2.10. The summed E-state index contributed by atoms with van der Waals surface area (Å²) in [6.45, 7) is 0.153. The molecule has 6 heteroatoms. The summed E-state index contributed by atoms with van der Waals surface area (Å²) in [5.41, 5.74) is 0.830. The van der Waals surface area contributed by atoms with Crippen LogP contribution in [0.15, 0.2) is 42.5 Å². The molecule has 0 fully saturated rings. The van der Waals surface area contributed by atoms with E-state index in [-0.39, 0.29) is 6.54 Å². The Hall–Kier alpha value is -2.78. The molecular formula is C17H14F2N2O2. The molecular weight excluding hydrogens is 302 g/mol. The van der Waals surface area contributed by atoms with E-state index in [0.29, 0.717) is 5.56 Å².